The lowest BCUT2D eigenvalue weighted by Gasteiger charge is -2.22. The van der Waals surface area contributed by atoms with E-state index in [2.05, 4.69) is 10.6 Å². The van der Waals surface area contributed by atoms with Gasteiger partial charge in [0.1, 0.15) is 5.01 Å². The summed E-state index contributed by atoms with van der Waals surface area (Å²) in [6.07, 6.45) is 0.997. The van der Waals surface area contributed by atoms with Crippen LogP contribution in [0.1, 0.15) is 22.9 Å². The van der Waals surface area contributed by atoms with Crippen LogP contribution in [0.5, 0.6) is 0 Å². The largest absolute Gasteiger partial charge is 0.357 e. The Morgan fingerprint density at radius 1 is 0.972 bits per heavy atom. The predicted molar refractivity (Wildman–Crippen MR) is 145 cm³/mol. The average molecular weight is 543 g/mol. The summed E-state index contributed by atoms with van der Waals surface area (Å²) in [5.41, 5.74) is 2.93. The Kier molecular flexibility index (Phi) is 8.49. The van der Waals surface area contributed by atoms with Gasteiger partial charge in [-0.05, 0) is 54.6 Å². The Hall–Kier alpha value is -3.09. The Morgan fingerprint density at radius 3 is 2.33 bits per heavy atom. The van der Waals surface area contributed by atoms with Crippen molar-refractivity contribution in [1.82, 2.24) is 15.6 Å². The third-order valence-corrected chi connectivity index (χ3v) is 7.91. The van der Waals surface area contributed by atoms with Crippen molar-refractivity contribution < 1.29 is 17.8 Å². The van der Waals surface area contributed by atoms with Crippen molar-refractivity contribution >= 4 is 44.6 Å². The molecule has 2 aromatic heterocycles. The number of thiazole rings is 1. The first kappa shape index (κ1) is 26.0. The minimum atomic E-state index is -4.35. The van der Waals surface area contributed by atoms with Gasteiger partial charge in [-0.15, -0.1) is 22.7 Å². The fourth-order valence-corrected chi connectivity index (χ4v) is 5.85. The zero-order valence-electron chi connectivity index (χ0n) is 19.4. The number of likely N-dealkylation sites (N-methyl/N-ethyl adjacent to an activating group) is 1. The number of rotatable bonds is 11. The molecule has 188 valence electrons. The maximum absolute atomic E-state index is 13.3. The van der Waals surface area contributed by atoms with Crippen LogP contribution < -0.4 is 15.4 Å². The van der Waals surface area contributed by atoms with Crippen LogP contribution in [-0.2, 0) is 27.9 Å². The number of amides is 1. The lowest BCUT2D eigenvalue weighted by atomic mass is 10.0. The van der Waals surface area contributed by atoms with E-state index >= 15 is 0 Å². The van der Waals surface area contributed by atoms with Gasteiger partial charge in [-0.1, -0.05) is 48.5 Å². The summed E-state index contributed by atoms with van der Waals surface area (Å²) < 4.78 is 33.2. The molecule has 0 aliphatic carbocycles. The van der Waals surface area contributed by atoms with E-state index < -0.39 is 22.4 Å². The zero-order valence-corrected chi connectivity index (χ0v) is 21.9. The average Bonchev–Trinajstić information content (AvgIpc) is 3.55. The molecule has 4 aromatic rings. The van der Waals surface area contributed by atoms with Crippen LogP contribution in [0.3, 0.4) is 0 Å². The van der Waals surface area contributed by atoms with Crippen molar-refractivity contribution in [3.05, 3.63) is 94.3 Å². The number of hydrogen-bond acceptors (Lipinski definition) is 7. The van der Waals surface area contributed by atoms with Gasteiger partial charge in [-0.2, -0.15) is 8.42 Å². The third kappa shape index (κ3) is 7.21. The summed E-state index contributed by atoms with van der Waals surface area (Å²) in [4.78, 5) is 19.2. The Bertz CT molecular complexity index is 1370. The monoisotopic (exact) mass is 542 g/mol. The van der Waals surface area contributed by atoms with Crippen molar-refractivity contribution in [3.63, 3.8) is 0 Å². The van der Waals surface area contributed by atoms with Gasteiger partial charge < -0.3 is 10.6 Å². The van der Waals surface area contributed by atoms with Gasteiger partial charge in [0.25, 0.3) is 0 Å². The summed E-state index contributed by atoms with van der Waals surface area (Å²) in [5, 5.41) is 11.1. The predicted octanol–water partition coefficient (Wildman–Crippen LogP) is 4.32. The molecule has 0 saturated heterocycles. The molecule has 0 bridgehead atoms. The summed E-state index contributed by atoms with van der Waals surface area (Å²) in [6, 6.07) is 19.6. The third-order valence-electron chi connectivity index (χ3n) is 5.52. The summed E-state index contributed by atoms with van der Waals surface area (Å²) >= 11 is 3.14. The van der Waals surface area contributed by atoms with Gasteiger partial charge >= 0.3 is 10.3 Å². The Balaban J connectivity index is 1.55. The summed E-state index contributed by atoms with van der Waals surface area (Å²) in [6.45, 7) is 0. The smallest absolute Gasteiger partial charge is 0.346 e. The van der Waals surface area contributed by atoms with E-state index in [4.69, 9.17) is 9.54 Å². The first-order valence-electron chi connectivity index (χ1n) is 11.2. The van der Waals surface area contributed by atoms with Crippen LogP contribution in [0.2, 0.25) is 0 Å². The van der Waals surface area contributed by atoms with E-state index in [1.165, 1.54) is 11.3 Å². The fraction of sp³-hybridized carbons (Fsp3) is 0.200. The number of nitrogens with one attached hydrogen (secondary N) is 3. The first-order valence-corrected chi connectivity index (χ1v) is 14.4. The molecule has 4 rings (SSSR count). The van der Waals surface area contributed by atoms with Crippen LogP contribution in [0.25, 0.3) is 9.88 Å². The number of anilines is 1. The fourth-order valence-electron chi connectivity index (χ4n) is 3.73. The van der Waals surface area contributed by atoms with Crippen molar-refractivity contribution in [2.24, 2.45) is 0 Å². The van der Waals surface area contributed by atoms with E-state index in [-0.39, 0.29) is 11.6 Å². The number of carbonyl (C=O) groups is 1. The minimum Gasteiger partial charge on any atom is -0.346 e. The second-order valence-corrected chi connectivity index (χ2v) is 11.1. The summed E-state index contributed by atoms with van der Waals surface area (Å²) in [7, 11) is -2.59. The van der Waals surface area contributed by atoms with Crippen molar-refractivity contribution in [3.8, 4) is 9.88 Å². The van der Waals surface area contributed by atoms with Crippen LogP contribution in [0.15, 0.2) is 77.5 Å². The lowest BCUT2D eigenvalue weighted by Crippen LogP contribution is -2.45. The maximum atomic E-state index is 13.3. The minimum absolute atomic E-state index is 0.137. The zero-order chi connectivity index (χ0) is 25.5. The maximum Gasteiger partial charge on any atom is 0.357 e. The first-order chi connectivity index (χ1) is 17.3. The van der Waals surface area contributed by atoms with Crippen molar-refractivity contribution in [2.45, 2.75) is 24.9 Å². The van der Waals surface area contributed by atoms with Crippen molar-refractivity contribution in [1.29, 1.82) is 0 Å². The van der Waals surface area contributed by atoms with E-state index in [1.807, 2.05) is 57.9 Å². The molecular weight excluding hydrogens is 517 g/mol. The van der Waals surface area contributed by atoms with Crippen LogP contribution >= 0.6 is 22.7 Å². The molecule has 11 heteroatoms. The number of carbonyl (C=O) groups excluding carboxylic acids is 1. The molecule has 2 aromatic carbocycles. The second-order valence-electron chi connectivity index (χ2n) is 8.13. The van der Waals surface area contributed by atoms with Gasteiger partial charge in [0.15, 0.2) is 0 Å². The van der Waals surface area contributed by atoms with E-state index in [1.54, 1.807) is 42.6 Å². The van der Waals surface area contributed by atoms with Gasteiger partial charge in [0.05, 0.1) is 28.3 Å². The quantitative estimate of drug-likeness (QED) is 0.210. The highest BCUT2D eigenvalue weighted by molar-refractivity contribution is 7.87. The van der Waals surface area contributed by atoms with Gasteiger partial charge in [0, 0.05) is 5.38 Å². The van der Waals surface area contributed by atoms with E-state index in [9.17, 15) is 13.2 Å². The molecule has 2 atom stereocenters. The van der Waals surface area contributed by atoms with Gasteiger partial charge in [-0.25, -0.2) is 4.98 Å². The molecule has 0 aliphatic heterocycles. The number of aromatic nitrogens is 1. The normalized spacial score (nSPS) is 13.2. The van der Waals surface area contributed by atoms with E-state index in [0.29, 0.717) is 12.8 Å². The Labute approximate surface area is 218 Å². The number of hydrogen-bond donors (Lipinski definition) is 4. The molecule has 2 heterocycles. The van der Waals surface area contributed by atoms with Crippen LogP contribution in [-0.4, -0.2) is 37.0 Å². The molecule has 8 nitrogen and oxygen atoms in total. The molecular formula is C25H26N4O4S3. The SMILES string of the molecule is CN[C@@H](Cc1ccccc1)C(=O)N[C@@H](Cc1ccc(NS(=O)(=O)O)cc1)c1csc(-c2cccs2)n1. The molecule has 0 aliphatic rings. The molecule has 4 N–H and O–H groups in total. The number of nitrogens with zero attached hydrogens (tertiary/aromatic N) is 1. The van der Waals surface area contributed by atoms with Gasteiger partial charge in [0.2, 0.25) is 5.91 Å². The highest BCUT2D eigenvalue weighted by atomic mass is 32.2. The van der Waals surface area contributed by atoms with Crippen LogP contribution in [0.4, 0.5) is 5.69 Å². The highest BCUT2D eigenvalue weighted by Crippen LogP contribution is 2.31. The Morgan fingerprint density at radius 2 is 1.69 bits per heavy atom. The number of benzene rings is 2. The van der Waals surface area contributed by atoms with Crippen LogP contribution in [0, 0.1) is 0 Å². The topological polar surface area (TPSA) is 120 Å². The number of thiophene rings is 1. The standard InChI is InChI=1S/C25H26N4O4S3/c1-26-21(15-17-6-3-2-4-7-17)24(30)27-20(22-16-35-25(28-22)23-8-5-13-34-23)14-18-9-11-19(12-10-18)29-36(31,32)33/h2-13,16,20-21,26,29H,14-15H2,1H3,(H,27,30)(H,31,32,33)/t20-,21-/m0/s1. The molecule has 36 heavy (non-hydrogen) atoms. The van der Waals surface area contributed by atoms with Crippen molar-refractivity contribution in [2.75, 3.05) is 11.8 Å². The summed E-state index contributed by atoms with van der Waals surface area (Å²) in [5.74, 6) is -0.137. The van der Waals surface area contributed by atoms with Gasteiger partial charge in [-0.3, -0.25) is 14.1 Å². The second kappa shape index (κ2) is 11.8. The molecule has 1 amide bonds. The molecule has 0 unspecified atom stereocenters. The lowest BCUT2D eigenvalue weighted by molar-refractivity contribution is -0.123. The molecule has 0 spiro atoms. The van der Waals surface area contributed by atoms with E-state index in [0.717, 1.165) is 26.7 Å². The molecule has 0 fully saturated rings. The molecule has 0 radical (unpaired) electrons. The molecule has 0 saturated carbocycles. The highest BCUT2D eigenvalue weighted by Gasteiger charge is 2.24.